The summed E-state index contributed by atoms with van der Waals surface area (Å²) in [5.41, 5.74) is 3.53. The van der Waals surface area contributed by atoms with E-state index in [9.17, 15) is 4.39 Å². The summed E-state index contributed by atoms with van der Waals surface area (Å²) in [6, 6.07) is 18.2. The number of rotatable bonds is 4. The first-order chi connectivity index (χ1) is 16.4. The van der Waals surface area contributed by atoms with Crippen LogP contribution in [-0.4, -0.2) is 32.0 Å². The molecular weight excluding hydrogens is 431 g/mol. The van der Waals surface area contributed by atoms with Crippen molar-refractivity contribution in [3.63, 3.8) is 0 Å². The standard InChI is InChI=1S/C27H23FN4O2/c1-27(2)13-21(16-33-27)32-15-22(24(31-32)18-8-10-20(28)11-9-18)25-29-14-19-12-23(34-26(19)30-25)17-6-4-3-5-7-17/h3-12,14-15,21H,13,16H2,1-2H3/t21-/m0/s1. The zero-order valence-electron chi connectivity index (χ0n) is 18.9. The number of ether oxygens (including phenoxy) is 1. The second-order valence-corrected chi connectivity index (χ2v) is 9.24. The lowest BCUT2D eigenvalue weighted by atomic mass is 10.0. The number of hydrogen-bond acceptors (Lipinski definition) is 5. The van der Waals surface area contributed by atoms with E-state index >= 15 is 0 Å². The fraction of sp³-hybridized carbons (Fsp3) is 0.222. The summed E-state index contributed by atoms with van der Waals surface area (Å²) in [7, 11) is 0. The molecule has 4 heterocycles. The van der Waals surface area contributed by atoms with E-state index in [2.05, 4.69) is 18.8 Å². The van der Waals surface area contributed by atoms with Crippen LogP contribution in [0.4, 0.5) is 4.39 Å². The average Bonchev–Trinajstić information content (AvgIpc) is 3.56. The van der Waals surface area contributed by atoms with Crippen molar-refractivity contribution in [1.29, 1.82) is 0 Å². The second-order valence-electron chi connectivity index (χ2n) is 9.24. The maximum Gasteiger partial charge on any atom is 0.230 e. The number of hydrogen-bond donors (Lipinski definition) is 0. The molecule has 5 aromatic rings. The molecule has 170 valence electrons. The Bertz CT molecular complexity index is 1470. The van der Waals surface area contributed by atoms with Gasteiger partial charge in [-0.3, -0.25) is 4.68 Å². The van der Waals surface area contributed by atoms with E-state index in [1.54, 1.807) is 18.3 Å². The molecule has 0 N–H and O–H groups in total. The third kappa shape index (κ3) is 3.78. The molecule has 0 saturated carbocycles. The molecule has 3 aromatic heterocycles. The van der Waals surface area contributed by atoms with Crippen LogP contribution >= 0.6 is 0 Å². The van der Waals surface area contributed by atoms with Gasteiger partial charge in [-0.15, -0.1) is 0 Å². The van der Waals surface area contributed by atoms with Crippen molar-refractivity contribution in [2.45, 2.75) is 31.9 Å². The maximum atomic E-state index is 13.6. The summed E-state index contributed by atoms with van der Waals surface area (Å²) >= 11 is 0. The fourth-order valence-electron chi connectivity index (χ4n) is 4.45. The number of benzene rings is 2. The Balaban J connectivity index is 1.45. The van der Waals surface area contributed by atoms with Crippen LogP contribution in [0.5, 0.6) is 0 Å². The van der Waals surface area contributed by atoms with E-state index in [4.69, 9.17) is 19.2 Å². The highest BCUT2D eigenvalue weighted by atomic mass is 19.1. The molecule has 1 fully saturated rings. The van der Waals surface area contributed by atoms with Gasteiger partial charge < -0.3 is 9.15 Å². The van der Waals surface area contributed by atoms with Gasteiger partial charge in [0.15, 0.2) is 5.82 Å². The monoisotopic (exact) mass is 454 g/mol. The predicted molar refractivity (Wildman–Crippen MR) is 128 cm³/mol. The van der Waals surface area contributed by atoms with E-state index in [0.29, 0.717) is 23.8 Å². The zero-order chi connectivity index (χ0) is 23.3. The van der Waals surface area contributed by atoms with Crippen molar-refractivity contribution in [2.24, 2.45) is 0 Å². The van der Waals surface area contributed by atoms with E-state index in [0.717, 1.165) is 34.3 Å². The molecule has 2 aromatic carbocycles. The second kappa shape index (κ2) is 7.88. The summed E-state index contributed by atoms with van der Waals surface area (Å²) in [5.74, 6) is 0.949. The van der Waals surface area contributed by atoms with Crippen LogP contribution in [-0.2, 0) is 4.74 Å². The first-order valence-corrected chi connectivity index (χ1v) is 11.3. The molecule has 1 atom stereocenters. The van der Waals surface area contributed by atoms with Gasteiger partial charge in [0.25, 0.3) is 0 Å². The van der Waals surface area contributed by atoms with Crippen LogP contribution in [0.3, 0.4) is 0 Å². The molecule has 34 heavy (non-hydrogen) atoms. The Labute approximate surface area is 196 Å². The summed E-state index contributed by atoms with van der Waals surface area (Å²) in [4.78, 5) is 9.35. The van der Waals surface area contributed by atoms with Crippen LogP contribution in [0.1, 0.15) is 26.3 Å². The molecule has 0 unspecified atom stereocenters. The molecule has 7 heteroatoms. The Kier molecular flexibility index (Phi) is 4.81. The SMILES string of the molecule is CC1(C)C[C@H](n2cc(-c3ncc4cc(-c5ccccc5)oc4n3)c(-c3ccc(F)cc3)n2)CO1. The van der Waals surface area contributed by atoms with Gasteiger partial charge >= 0.3 is 0 Å². The molecule has 1 saturated heterocycles. The van der Waals surface area contributed by atoms with Crippen molar-refractivity contribution >= 4 is 11.1 Å². The number of furan rings is 1. The van der Waals surface area contributed by atoms with Crippen LogP contribution in [0, 0.1) is 5.82 Å². The first-order valence-electron chi connectivity index (χ1n) is 11.3. The third-order valence-electron chi connectivity index (χ3n) is 6.19. The quantitative estimate of drug-likeness (QED) is 0.319. The largest absolute Gasteiger partial charge is 0.438 e. The lowest BCUT2D eigenvalue weighted by Gasteiger charge is -2.15. The van der Waals surface area contributed by atoms with Crippen LogP contribution in [0.2, 0.25) is 0 Å². The van der Waals surface area contributed by atoms with Crippen molar-refractivity contribution in [3.8, 4) is 34.0 Å². The van der Waals surface area contributed by atoms with Gasteiger partial charge in [-0.2, -0.15) is 10.1 Å². The minimum Gasteiger partial charge on any atom is -0.438 e. The van der Waals surface area contributed by atoms with Gasteiger partial charge in [-0.05, 0) is 44.2 Å². The summed E-state index contributed by atoms with van der Waals surface area (Å²) in [6.45, 7) is 4.74. The van der Waals surface area contributed by atoms with Gasteiger partial charge in [0, 0.05) is 29.9 Å². The Morgan fingerprint density at radius 3 is 2.56 bits per heavy atom. The predicted octanol–water partition coefficient (Wildman–Crippen LogP) is 6.30. The highest BCUT2D eigenvalue weighted by Gasteiger charge is 2.34. The first kappa shape index (κ1) is 20.7. The van der Waals surface area contributed by atoms with Crippen LogP contribution < -0.4 is 0 Å². The molecular formula is C27H23FN4O2. The normalized spacial score (nSPS) is 17.4. The molecule has 0 spiro atoms. The molecule has 0 amide bonds. The van der Waals surface area contributed by atoms with Gasteiger partial charge in [0.05, 0.1) is 29.2 Å². The van der Waals surface area contributed by atoms with Crippen molar-refractivity contribution in [1.82, 2.24) is 19.7 Å². The minimum absolute atomic E-state index is 0.0972. The number of fused-ring (bicyclic) bond motifs is 1. The lowest BCUT2D eigenvalue weighted by Crippen LogP contribution is -2.17. The fourth-order valence-corrected chi connectivity index (χ4v) is 4.45. The average molecular weight is 455 g/mol. The third-order valence-corrected chi connectivity index (χ3v) is 6.19. The van der Waals surface area contributed by atoms with E-state index in [-0.39, 0.29) is 17.5 Å². The molecule has 6 nitrogen and oxygen atoms in total. The summed E-state index contributed by atoms with van der Waals surface area (Å²) < 4.78 is 27.5. The smallest absolute Gasteiger partial charge is 0.230 e. The number of nitrogens with zero attached hydrogens (tertiary/aromatic N) is 4. The number of aromatic nitrogens is 4. The Morgan fingerprint density at radius 2 is 1.82 bits per heavy atom. The Morgan fingerprint density at radius 1 is 1.03 bits per heavy atom. The molecule has 0 radical (unpaired) electrons. The molecule has 1 aliphatic rings. The van der Waals surface area contributed by atoms with Crippen LogP contribution in [0.25, 0.3) is 45.1 Å². The summed E-state index contributed by atoms with van der Waals surface area (Å²) in [6.07, 6.45) is 4.56. The number of halogens is 1. The zero-order valence-corrected chi connectivity index (χ0v) is 18.9. The van der Waals surface area contributed by atoms with E-state index in [1.807, 2.05) is 47.3 Å². The van der Waals surface area contributed by atoms with Gasteiger partial charge in [0.1, 0.15) is 17.3 Å². The van der Waals surface area contributed by atoms with E-state index < -0.39 is 0 Å². The Hall–Kier alpha value is -3.84. The molecule has 0 aliphatic carbocycles. The topological polar surface area (TPSA) is 66.0 Å². The highest BCUT2D eigenvalue weighted by Crippen LogP contribution is 2.36. The van der Waals surface area contributed by atoms with Crippen molar-refractivity contribution < 1.29 is 13.5 Å². The van der Waals surface area contributed by atoms with Crippen molar-refractivity contribution in [3.05, 3.63) is 78.9 Å². The van der Waals surface area contributed by atoms with Crippen LogP contribution in [0.15, 0.2) is 77.5 Å². The molecule has 1 aliphatic heterocycles. The van der Waals surface area contributed by atoms with E-state index in [1.165, 1.54) is 12.1 Å². The highest BCUT2D eigenvalue weighted by molar-refractivity contribution is 5.83. The van der Waals surface area contributed by atoms with Crippen molar-refractivity contribution in [2.75, 3.05) is 6.61 Å². The van der Waals surface area contributed by atoms with Gasteiger partial charge in [-0.25, -0.2) is 9.37 Å². The molecule has 6 rings (SSSR count). The maximum absolute atomic E-state index is 13.6. The molecule has 0 bridgehead atoms. The minimum atomic E-state index is -0.294. The van der Waals surface area contributed by atoms with Gasteiger partial charge in [0.2, 0.25) is 5.71 Å². The summed E-state index contributed by atoms with van der Waals surface area (Å²) in [5, 5.41) is 5.69. The van der Waals surface area contributed by atoms with Gasteiger partial charge in [-0.1, -0.05) is 30.3 Å². The lowest BCUT2D eigenvalue weighted by molar-refractivity contribution is 0.0350.